The standard InChI is InChI=1S/C19H17BrF3NO4/c1-28-18(27)15(10-11-2-8-14(20)9-3-11)24-17(26)16(25)12-4-6-13(7-5-12)19(21,22)23/h2-9,15-16,25H,10H2,1H3,(H,24,26)/t15-,16-/m0/s1. The van der Waals surface area contributed by atoms with Crippen molar-refractivity contribution in [2.24, 2.45) is 0 Å². The molecule has 0 aromatic heterocycles. The Bertz CT molecular complexity index is 823. The first-order valence-electron chi connectivity index (χ1n) is 8.09. The van der Waals surface area contributed by atoms with E-state index in [0.29, 0.717) is 0 Å². The number of alkyl halides is 3. The van der Waals surface area contributed by atoms with Crippen molar-refractivity contribution in [3.63, 3.8) is 0 Å². The van der Waals surface area contributed by atoms with Crippen LogP contribution in [0.15, 0.2) is 53.0 Å². The predicted octanol–water partition coefficient (Wildman–Crippen LogP) is 3.40. The molecule has 0 bridgehead atoms. The molecule has 9 heteroatoms. The van der Waals surface area contributed by atoms with Gasteiger partial charge in [-0.2, -0.15) is 13.2 Å². The summed E-state index contributed by atoms with van der Waals surface area (Å²) >= 11 is 3.29. The first-order valence-corrected chi connectivity index (χ1v) is 8.89. The summed E-state index contributed by atoms with van der Waals surface area (Å²) in [5, 5.41) is 12.5. The third-order valence-electron chi connectivity index (χ3n) is 3.96. The number of carbonyl (C=O) groups is 2. The lowest BCUT2D eigenvalue weighted by Gasteiger charge is -2.19. The highest BCUT2D eigenvalue weighted by atomic mass is 79.9. The summed E-state index contributed by atoms with van der Waals surface area (Å²) in [6.07, 6.45) is -6.14. The second kappa shape index (κ2) is 9.20. The highest BCUT2D eigenvalue weighted by Gasteiger charge is 2.31. The number of rotatable bonds is 6. The zero-order chi connectivity index (χ0) is 20.9. The molecule has 0 spiro atoms. The zero-order valence-corrected chi connectivity index (χ0v) is 16.3. The van der Waals surface area contributed by atoms with Gasteiger partial charge < -0.3 is 15.2 Å². The van der Waals surface area contributed by atoms with Crippen molar-refractivity contribution in [1.82, 2.24) is 5.32 Å². The molecule has 2 N–H and O–H groups in total. The van der Waals surface area contributed by atoms with Gasteiger partial charge in [0.25, 0.3) is 5.91 Å². The quantitative estimate of drug-likeness (QED) is 0.649. The third kappa shape index (κ3) is 5.80. The number of aliphatic hydroxyl groups is 1. The van der Waals surface area contributed by atoms with E-state index in [2.05, 4.69) is 26.0 Å². The smallest absolute Gasteiger partial charge is 0.416 e. The van der Waals surface area contributed by atoms with E-state index >= 15 is 0 Å². The first kappa shape index (κ1) is 21.9. The molecule has 2 aromatic rings. The van der Waals surface area contributed by atoms with E-state index in [-0.39, 0.29) is 12.0 Å². The maximum atomic E-state index is 12.6. The van der Waals surface area contributed by atoms with Crippen LogP contribution in [-0.4, -0.2) is 30.1 Å². The Kier molecular flexibility index (Phi) is 7.20. The van der Waals surface area contributed by atoms with E-state index in [4.69, 9.17) is 0 Å². The lowest BCUT2D eigenvalue weighted by atomic mass is 10.0. The van der Waals surface area contributed by atoms with Crippen molar-refractivity contribution in [1.29, 1.82) is 0 Å². The van der Waals surface area contributed by atoms with E-state index in [1.54, 1.807) is 24.3 Å². The summed E-state index contributed by atoms with van der Waals surface area (Å²) in [7, 11) is 1.16. The van der Waals surface area contributed by atoms with Crippen LogP contribution < -0.4 is 5.32 Å². The third-order valence-corrected chi connectivity index (χ3v) is 4.49. The van der Waals surface area contributed by atoms with Crippen molar-refractivity contribution < 1.29 is 32.6 Å². The van der Waals surface area contributed by atoms with Crippen molar-refractivity contribution in [3.05, 3.63) is 69.7 Å². The number of carbonyl (C=O) groups excluding carboxylic acids is 2. The van der Waals surface area contributed by atoms with E-state index < -0.39 is 35.8 Å². The van der Waals surface area contributed by atoms with Gasteiger partial charge in [-0.15, -0.1) is 0 Å². The number of esters is 1. The number of ether oxygens (including phenoxy) is 1. The number of methoxy groups -OCH3 is 1. The fourth-order valence-corrected chi connectivity index (χ4v) is 2.71. The Morgan fingerprint density at radius 2 is 1.68 bits per heavy atom. The van der Waals surface area contributed by atoms with E-state index in [0.717, 1.165) is 41.4 Å². The van der Waals surface area contributed by atoms with Crippen molar-refractivity contribution in [2.75, 3.05) is 7.11 Å². The number of aliphatic hydroxyl groups excluding tert-OH is 1. The molecule has 2 rings (SSSR count). The minimum absolute atomic E-state index is 0.0299. The average molecular weight is 460 g/mol. The molecule has 5 nitrogen and oxygen atoms in total. The molecular formula is C19H17BrF3NO4. The molecule has 0 aliphatic rings. The number of nitrogens with one attached hydrogen (secondary N) is 1. The van der Waals surface area contributed by atoms with E-state index in [1.807, 2.05) is 0 Å². The summed E-state index contributed by atoms with van der Waals surface area (Å²) < 4.78 is 43.4. The van der Waals surface area contributed by atoms with Gasteiger partial charge in [0, 0.05) is 10.9 Å². The second-order valence-corrected chi connectivity index (χ2v) is 6.85. The average Bonchev–Trinajstić information content (AvgIpc) is 2.67. The maximum absolute atomic E-state index is 12.6. The van der Waals surface area contributed by atoms with Gasteiger partial charge in [0.2, 0.25) is 0 Å². The van der Waals surface area contributed by atoms with Crippen LogP contribution >= 0.6 is 15.9 Å². The fraction of sp³-hybridized carbons (Fsp3) is 0.263. The van der Waals surface area contributed by atoms with Crippen molar-refractivity contribution >= 4 is 27.8 Å². The minimum atomic E-state index is -4.52. The molecule has 0 heterocycles. The Balaban J connectivity index is 2.11. The predicted molar refractivity (Wildman–Crippen MR) is 98.2 cm³/mol. The molecule has 2 atom stereocenters. The van der Waals surface area contributed by atoms with Gasteiger partial charge in [-0.1, -0.05) is 40.2 Å². The summed E-state index contributed by atoms with van der Waals surface area (Å²) in [4.78, 5) is 24.3. The van der Waals surface area contributed by atoms with Gasteiger partial charge in [-0.3, -0.25) is 4.79 Å². The van der Waals surface area contributed by atoms with Crippen molar-refractivity contribution in [2.45, 2.75) is 24.7 Å². The second-order valence-electron chi connectivity index (χ2n) is 5.94. The van der Waals surface area contributed by atoms with Gasteiger partial charge in [0.1, 0.15) is 6.04 Å². The number of halogens is 4. The highest BCUT2D eigenvalue weighted by Crippen LogP contribution is 2.30. The van der Waals surface area contributed by atoms with E-state index in [1.165, 1.54) is 0 Å². The molecule has 0 aliphatic carbocycles. The molecule has 0 radical (unpaired) electrons. The van der Waals surface area contributed by atoms with Gasteiger partial charge in [-0.05, 0) is 35.4 Å². The largest absolute Gasteiger partial charge is 0.467 e. The summed E-state index contributed by atoms with van der Waals surface area (Å²) in [6.45, 7) is 0. The van der Waals surface area contributed by atoms with Gasteiger partial charge in [0.05, 0.1) is 12.7 Å². The molecule has 0 fully saturated rings. The normalized spacial score (nSPS) is 13.5. The van der Waals surface area contributed by atoms with Gasteiger partial charge in [0.15, 0.2) is 6.10 Å². The minimum Gasteiger partial charge on any atom is -0.467 e. The molecule has 28 heavy (non-hydrogen) atoms. The topological polar surface area (TPSA) is 75.6 Å². The van der Waals surface area contributed by atoms with Crippen LogP contribution in [0.25, 0.3) is 0 Å². The molecule has 0 aliphatic heterocycles. The summed E-state index contributed by atoms with van der Waals surface area (Å²) in [5.74, 6) is -1.64. The molecule has 2 aromatic carbocycles. The van der Waals surface area contributed by atoms with Gasteiger partial charge >= 0.3 is 12.1 Å². The molecule has 0 saturated carbocycles. The number of hydrogen-bond donors (Lipinski definition) is 2. The first-order chi connectivity index (χ1) is 13.1. The van der Waals surface area contributed by atoms with Crippen LogP contribution in [0.2, 0.25) is 0 Å². The zero-order valence-electron chi connectivity index (χ0n) is 14.7. The van der Waals surface area contributed by atoms with Crippen LogP contribution in [0, 0.1) is 0 Å². The Labute approximate surface area is 167 Å². The van der Waals surface area contributed by atoms with Crippen molar-refractivity contribution in [3.8, 4) is 0 Å². The molecule has 1 amide bonds. The van der Waals surface area contributed by atoms with Crippen LogP contribution in [0.5, 0.6) is 0 Å². The lowest BCUT2D eigenvalue weighted by molar-refractivity contribution is -0.146. The van der Waals surface area contributed by atoms with Gasteiger partial charge in [-0.25, -0.2) is 4.79 Å². The van der Waals surface area contributed by atoms with E-state index in [9.17, 15) is 27.9 Å². The lowest BCUT2D eigenvalue weighted by Crippen LogP contribution is -2.45. The van der Waals surface area contributed by atoms with Crippen LogP contribution in [0.3, 0.4) is 0 Å². The maximum Gasteiger partial charge on any atom is 0.416 e. The number of hydrogen-bond acceptors (Lipinski definition) is 4. The molecular weight excluding hydrogens is 443 g/mol. The number of benzene rings is 2. The van der Waals surface area contributed by atoms with Crippen LogP contribution in [0.1, 0.15) is 22.8 Å². The highest BCUT2D eigenvalue weighted by molar-refractivity contribution is 9.10. The molecule has 0 saturated heterocycles. The molecule has 0 unspecified atom stereocenters. The number of amides is 1. The summed E-state index contributed by atoms with van der Waals surface area (Å²) in [6, 6.07) is 9.52. The molecule has 150 valence electrons. The Morgan fingerprint density at radius 3 is 2.18 bits per heavy atom. The van der Waals surface area contributed by atoms with Crippen LogP contribution in [-0.2, 0) is 26.9 Å². The SMILES string of the molecule is COC(=O)[C@H](Cc1ccc(Br)cc1)NC(=O)[C@@H](O)c1ccc(C(F)(F)F)cc1. The summed E-state index contributed by atoms with van der Waals surface area (Å²) in [5.41, 5.74) is -0.188. The Hall–Kier alpha value is -2.39. The Morgan fingerprint density at radius 1 is 1.11 bits per heavy atom. The fourth-order valence-electron chi connectivity index (χ4n) is 2.45. The monoisotopic (exact) mass is 459 g/mol. The van der Waals surface area contributed by atoms with Crippen LogP contribution in [0.4, 0.5) is 13.2 Å².